The Hall–Kier alpha value is -3.17. The normalized spacial score (nSPS) is 17.4. The van der Waals surface area contributed by atoms with Crippen LogP contribution in [0.2, 0.25) is 0 Å². The molecule has 0 heterocycles. The van der Waals surface area contributed by atoms with Crippen LogP contribution in [0, 0.1) is 11.3 Å². The maximum absolute atomic E-state index is 14.5. The van der Waals surface area contributed by atoms with Gasteiger partial charge in [-0.3, -0.25) is 10.1 Å². The predicted octanol–water partition coefficient (Wildman–Crippen LogP) is 6.60. The highest BCUT2D eigenvalue weighted by atomic mass is 19.4. The summed E-state index contributed by atoms with van der Waals surface area (Å²) in [6.45, 7) is 2.29. The Morgan fingerprint density at radius 3 is 1.85 bits per heavy atom. The standard InChI is InChI=1S/C28H30F7N3O2/c1-25(2,29)15-21(24(40)38-26(16-36)13-14-26)37-23(28(33,34)35)20-9-5-18(6-10-20)17-3-7-19(8-4-17)22(39)11-12-27(30,31)32/h3-10,21-23,37,39H,11-15H2,1-2H3,(H,38,40)/t21-,22?,23?/m0/s1. The van der Waals surface area contributed by atoms with Gasteiger partial charge in [-0.15, -0.1) is 0 Å². The highest BCUT2D eigenvalue weighted by Crippen LogP contribution is 2.37. The fourth-order valence-corrected chi connectivity index (χ4v) is 4.24. The first-order chi connectivity index (χ1) is 18.4. The van der Waals surface area contributed by atoms with Crippen molar-refractivity contribution in [1.29, 1.82) is 5.26 Å². The second-order valence-electron chi connectivity index (χ2n) is 10.7. The summed E-state index contributed by atoms with van der Waals surface area (Å²) in [7, 11) is 0. The van der Waals surface area contributed by atoms with Crippen LogP contribution in [0.1, 0.15) is 69.2 Å². The molecule has 2 unspecified atom stereocenters. The van der Waals surface area contributed by atoms with Gasteiger partial charge in [0.25, 0.3) is 0 Å². The molecule has 3 N–H and O–H groups in total. The maximum atomic E-state index is 14.5. The van der Waals surface area contributed by atoms with E-state index < -0.39 is 66.9 Å². The van der Waals surface area contributed by atoms with E-state index in [-0.39, 0.29) is 11.1 Å². The van der Waals surface area contributed by atoms with E-state index >= 15 is 0 Å². The third-order valence-electron chi connectivity index (χ3n) is 6.60. The molecule has 0 bridgehead atoms. The lowest BCUT2D eigenvalue weighted by Crippen LogP contribution is -2.53. The molecule has 0 spiro atoms. The van der Waals surface area contributed by atoms with Crippen molar-refractivity contribution >= 4 is 5.91 Å². The van der Waals surface area contributed by atoms with Crippen LogP contribution in [0.4, 0.5) is 30.7 Å². The summed E-state index contributed by atoms with van der Waals surface area (Å²) < 4.78 is 94.1. The van der Waals surface area contributed by atoms with Gasteiger partial charge in [0.2, 0.25) is 5.91 Å². The van der Waals surface area contributed by atoms with E-state index in [9.17, 15) is 45.9 Å². The third kappa shape index (κ3) is 8.93. The lowest BCUT2D eigenvalue weighted by molar-refractivity contribution is -0.161. The Balaban J connectivity index is 1.78. The summed E-state index contributed by atoms with van der Waals surface area (Å²) in [4.78, 5) is 12.8. The van der Waals surface area contributed by atoms with E-state index in [2.05, 4.69) is 10.6 Å². The second-order valence-corrected chi connectivity index (χ2v) is 10.7. The van der Waals surface area contributed by atoms with E-state index in [0.29, 0.717) is 24.0 Å². The van der Waals surface area contributed by atoms with Gasteiger partial charge in [-0.05, 0) is 55.4 Å². The number of aliphatic hydroxyl groups is 1. The highest BCUT2D eigenvalue weighted by molar-refractivity contribution is 5.83. The number of benzene rings is 2. The van der Waals surface area contributed by atoms with Crippen molar-refractivity contribution in [3.63, 3.8) is 0 Å². The number of hydrogen-bond donors (Lipinski definition) is 3. The molecule has 1 aliphatic carbocycles. The molecule has 1 amide bonds. The Kier molecular flexibility index (Phi) is 9.21. The van der Waals surface area contributed by atoms with Crippen LogP contribution in [-0.2, 0) is 4.79 Å². The molecule has 12 heteroatoms. The molecule has 3 rings (SSSR count). The number of amides is 1. The molecule has 5 nitrogen and oxygen atoms in total. The monoisotopic (exact) mass is 573 g/mol. The Morgan fingerprint density at radius 2 is 1.45 bits per heavy atom. The van der Waals surface area contributed by atoms with Crippen LogP contribution in [0.15, 0.2) is 48.5 Å². The number of halogens is 7. The summed E-state index contributed by atoms with van der Waals surface area (Å²) >= 11 is 0. The van der Waals surface area contributed by atoms with Crippen molar-refractivity contribution < 1.29 is 40.6 Å². The number of hydrogen-bond acceptors (Lipinski definition) is 4. The van der Waals surface area contributed by atoms with Crippen LogP contribution < -0.4 is 10.6 Å². The number of nitrogens with zero attached hydrogens (tertiary/aromatic N) is 1. The zero-order valence-corrected chi connectivity index (χ0v) is 21.8. The van der Waals surface area contributed by atoms with Crippen molar-refractivity contribution in [1.82, 2.24) is 10.6 Å². The average molecular weight is 574 g/mol. The number of carbonyl (C=O) groups is 1. The van der Waals surface area contributed by atoms with Gasteiger partial charge >= 0.3 is 12.4 Å². The van der Waals surface area contributed by atoms with Crippen molar-refractivity contribution in [2.75, 3.05) is 0 Å². The van der Waals surface area contributed by atoms with Gasteiger partial charge in [0.05, 0.1) is 18.2 Å². The number of carbonyl (C=O) groups excluding carboxylic acids is 1. The van der Waals surface area contributed by atoms with E-state index in [0.717, 1.165) is 13.8 Å². The van der Waals surface area contributed by atoms with Crippen molar-refractivity contribution in [3.05, 3.63) is 59.7 Å². The number of rotatable bonds is 11. The molecule has 40 heavy (non-hydrogen) atoms. The minimum atomic E-state index is -4.85. The minimum Gasteiger partial charge on any atom is -0.388 e. The van der Waals surface area contributed by atoms with Crippen LogP contribution in [0.25, 0.3) is 11.1 Å². The summed E-state index contributed by atoms with van der Waals surface area (Å²) in [5.41, 5.74) is -2.02. The maximum Gasteiger partial charge on any atom is 0.407 e. The fourth-order valence-electron chi connectivity index (χ4n) is 4.24. The van der Waals surface area contributed by atoms with Gasteiger partial charge in [0.1, 0.15) is 17.2 Å². The van der Waals surface area contributed by atoms with Crippen LogP contribution >= 0.6 is 0 Å². The quantitative estimate of drug-likeness (QED) is 0.265. The lowest BCUT2D eigenvalue weighted by Gasteiger charge is -2.30. The van der Waals surface area contributed by atoms with E-state index in [1.807, 2.05) is 6.07 Å². The topological polar surface area (TPSA) is 85.2 Å². The van der Waals surface area contributed by atoms with Crippen molar-refractivity contribution in [2.45, 2.75) is 87.7 Å². The molecule has 1 aliphatic rings. The number of alkyl halides is 7. The minimum absolute atomic E-state index is 0.230. The van der Waals surface area contributed by atoms with Gasteiger partial charge in [-0.1, -0.05) is 48.5 Å². The van der Waals surface area contributed by atoms with Gasteiger partial charge in [0.15, 0.2) is 0 Å². The predicted molar refractivity (Wildman–Crippen MR) is 133 cm³/mol. The molecule has 218 valence electrons. The fraction of sp³-hybridized carbons (Fsp3) is 0.500. The van der Waals surface area contributed by atoms with Crippen LogP contribution in [-0.4, -0.2) is 40.6 Å². The Morgan fingerprint density at radius 1 is 0.950 bits per heavy atom. The van der Waals surface area contributed by atoms with E-state index in [1.54, 1.807) is 0 Å². The summed E-state index contributed by atoms with van der Waals surface area (Å²) in [6, 6.07) is 9.23. The Bertz CT molecular complexity index is 1190. The van der Waals surface area contributed by atoms with Crippen molar-refractivity contribution in [2.24, 2.45) is 0 Å². The van der Waals surface area contributed by atoms with E-state index in [4.69, 9.17) is 0 Å². The SMILES string of the molecule is CC(C)(F)C[C@H](NC(c1ccc(-c2ccc(C(O)CCC(F)(F)F)cc2)cc1)C(F)(F)F)C(=O)NC1(C#N)CC1. The highest BCUT2D eigenvalue weighted by Gasteiger charge is 2.48. The van der Waals surface area contributed by atoms with E-state index in [1.165, 1.54) is 48.5 Å². The zero-order valence-electron chi connectivity index (χ0n) is 21.8. The molecule has 3 atom stereocenters. The molecule has 0 saturated heterocycles. The largest absolute Gasteiger partial charge is 0.407 e. The third-order valence-corrected chi connectivity index (χ3v) is 6.60. The first-order valence-electron chi connectivity index (χ1n) is 12.6. The molecule has 0 aliphatic heterocycles. The van der Waals surface area contributed by atoms with Gasteiger partial charge in [0, 0.05) is 12.8 Å². The molecule has 0 aromatic heterocycles. The smallest absolute Gasteiger partial charge is 0.388 e. The molecule has 1 fully saturated rings. The first-order valence-corrected chi connectivity index (χ1v) is 12.6. The summed E-state index contributed by atoms with van der Waals surface area (Å²) in [6.07, 6.45) is -12.0. The Labute approximate surface area is 227 Å². The summed E-state index contributed by atoms with van der Waals surface area (Å²) in [5, 5.41) is 23.9. The molecule has 0 radical (unpaired) electrons. The number of aliphatic hydroxyl groups excluding tert-OH is 1. The van der Waals surface area contributed by atoms with Crippen molar-refractivity contribution in [3.8, 4) is 17.2 Å². The molecule has 2 aromatic carbocycles. The molecule has 1 saturated carbocycles. The van der Waals surface area contributed by atoms with Gasteiger partial charge < -0.3 is 10.4 Å². The van der Waals surface area contributed by atoms with Gasteiger partial charge in [-0.25, -0.2) is 4.39 Å². The van der Waals surface area contributed by atoms with Crippen LogP contribution in [0.3, 0.4) is 0 Å². The van der Waals surface area contributed by atoms with Gasteiger partial charge in [-0.2, -0.15) is 31.6 Å². The number of nitriles is 1. The molecule has 2 aromatic rings. The molecular weight excluding hydrogens is 543 g/mol. The summed E-state index contributed by atoms with van der Waals surface area (Å²) in [5.74, 6) is -0.895. The van der Waals surface area contributed by atoms with Crippen LogP contribution in [0.5, 0.6) is 0 Å². The molecular formula is C28H30F7N3O2. The number of nitrogens with one attached hydrogen (secondary N) is 2. The first kappa shape index (κ1) is 31.4. The average Bonchev–Trinajstić information content (AvgIpc) is 3.63. The second kappa shape index (κ2) is 11.7. The zero-order chi connectivity index (χ0) is 29.9. The lowest BCUT2D eigenvalue weighted by atomic mass is 9.95.